The van der Waals surface area contributed by atoms with E-state index in [0.29, 0.717) is 10.0 Å². The summed E-state index contributed by atoms with van der Waals surface area (Å²) in [6, 6.07) is 7.90. The van der Waals surface area contributed by atoms with Crippen molar-refractivity contribution in [2.75, 3.05) is 6.54 Å². The van der Waals surface area contributed by atoms with E-state index in [1.54, 1.807) is 0 Å². The summed E-state index contributed by atoms with van der Waals surface area (Å²) in [6.45, 7) is 5.11. The Hall–Kier alpha value is -0.480. The molecule has 0 aliphatic rings. The van der Waals surface area contributed by atoms with Gasteiger partial charge in [0.25, 0.3) is 0 Å². The van der Waals surface area contributed by atoms with Gasteiger partial charge < -0.3 is 9.73 Å². The zero-order valence-electron chi connectivity index (χ0n) is 11.3. The fourth-order valence-electron chi connectivity index (χ4n) is 2.09. The molecule has 20 heavy (non-hydrogen) atoms. The molecule has 0 aliphatic heterocycles. The third kappa shape index (κ3) is 3.22. The van der Waals surface area contributed by atoms with Gasteiger partial charge in [0, 0.05) is 10.0 Å². The van der Waals surface area contributed by atoms with Crippen LogP contribution in [0.4, 0.5) is 0 Å². The Morgan fingerprint density at radius 2 is 1.90 bits per heavy atom. The minimum absolute atomic E-state index is 0.221. The Morgan fingerprint density at radius 1 is 1.15 bits per heavy atom. The van der Waals surface area contributed by atoms with Crippen LogP contribution in [0.15, 0.2) is 33.2 Å². The van der Waals surface area contributed by atoms with Crippen molar-refractivity contribution >= 4 is 39.1 Å². The van der Waals surface area contributed by atoms with E-state index < -0.39 is 0 Å². The fourth-order valence-corrected chi connectivity index (χ4v) is 2.96. The molecule has 0 radical (unpaired) electrons. The number of hydrogen-bond donors (Lipinski definition) is 1. The molecule has 1 aromatic heterocycles. The molecule has 0 aliphatic carbocycles. The molecular weight excluding hydrogens is 361 g/mol. The van der Waals surface area contributed by atoms with Gasteiger partial charge in [0.1, 0.15) is 11.5 Å². The Morgan fingerprint density at radius 3 is 2.55 bits per heavy atom. The summed E-state index contributed by atoms with van der Waals surface area (Å²) in [5.41, 5.74) is 0.803. The van der Waals surface area contributed by atoms with Crippen molar-refractivity contribution in [1.82, 2.24) is 5.32 Å². The molecule has 1 unspecified atom stereocenters. The summed E-state index contributed by atoms with van der Waals surface area (Å²) >= 11 is 15.8. The first-order chi connectivity index (χ1) is 9.58. The van der Waals surface area contributed by atoms with Crippen LogP contribution < -0.4 is 5.32 Å². The normalized spacial score (nSPS) is 12.7. The quantitative estimate of drug-likeness (QED) is 0.640. The van der Waals surface area contributed by atoms with Crippen molar-refractivity contribution in [3.8, 4) is 11.3 Å². The van der Waals surface area contributed by atoms with Crippen molar-refractivity contribution in [2.45, 2.75) is 26.3 Å². The van der Waals surface area contributed by atoms with E-state index in [4.69, 9.17) is 27.6 Å². The van der Waals surface area contributed by atoms with Crippen LogP contribution in [0.25, 0.3) is 11.3 Å². The molecule has 0 saturated heterocycles. The second-order valence-electron chi connectivity index (χ2n) is 4.44. The standard InChI is InChI=1S/C15H16BrCl2NO/c1-3-11(19-4-2)13-8-7-12(20-13)9-5-6-10(16)15(18)14(9)17/h5-8,11,19H,3-4H2,1-2H3. The van der Waals surface area contributed by atoms with Gasteiger partial charge in [0.15, 0.2) is 0 Å². The first kappa shape index (κ1) is 15.9. The lowest BCUT2D eigenvalue weighted by Crippen LogP contribution is -2.19. The van der Waals surface area contributed by atoms with Crippen molar-refractivity contribution in [2.24, 2.45) is 0 Å². The van der Waals surface area contributed by atoms with E-state index in [-0.39, 0.29) is 6.04 Å². The molecule has 1 heterocycles. The van der Waals surface area contributed by atoms with Gasteiger partial charge in [-0.25, -0.2) is 0 Å². The van der Waals surface area contributed by atoms with Crippen LogP contribution in [0.3, 0.4) is 0 Å². The first-order valence-corrected chi connectivity index (χ1v) is 8.10. The van der Waals surface area contributed by atoms with Gasteiger partial charge in [-0.15, -0.1) is 0 Å². The second kappa shape index (κ2) is 6.99. The Bertz CT molecular complexity index is 598. The zero-order chi connectivity index (χ0) is 14.7. The summed E-state index contributed by atoms with van der Waals surface area (Å²) in [7, 11) is 0. The van der Waals surface area contributed by atoms with Gasteiger partial charge in [0.2, 0.25) is 0 Å². The predicted molar refractivity (Wildman–Crippen MR) is 88.6 cm³/mol. The zero-order valence-corrected chi connectivity index (χ0v) is 14.4. The number of furan rings is 1. The highest BCUT2D eigenvalue weighted by molar-refractivity contribution is 9.10. The number of hydrogen-bond acceptors (Lipinski definition) is 2. The number of nitrogens with one attached hydrogen (secondary N) is 1. The van der Waals surface area contributed by atoms with E-state index in [9.17, 15) is 0 Å². The number of halogens is 3. The maximum Gasteiger partial charge on any atom is 0.135 e. The number of rotatable bonds is 5. The Labute approximate surface area is 137 Å². The Kier molecular flexibility index (Phi) is 5.56. The van der Waals surface area contributed by atoms with Crippen LogP contribution in [0.1, 0.15) is 32.1 Å². The molecule has 1 N–H and O–H groups in total. The molecule has 2 rings (SSSR count). The molecule has 1 aromatic carbocycles. The van der Waals surface area contributed by atoms with Gasteiger partial charge in [-0.3, -0.25) is 0 Å². The maximum absolute atomic E-state index is 6.28. The molecule has 0 fully saturated rings. The summed E-state index contributed by atoms with van der Waals surface area (Å²) in [5, 5.41) is 4.39. The average Bonchev–Trinajstić information content (AvgIpc) is 2.91. The van der Waals surface area contributed by atoms with Crippen LogP contribution in [0.5, 0.6) is 0 Å². The molecule has 0 amide bonds. The third-order valence-electron chi connectivity index (χ3n) is 3.13. The Balaban J connectivity index is 2.36. The SMILES string of the molecule is CCNC(CC)c1ccc(-c2ccc(Br)c(Cl)c2Cl)o1. The van der Waals surface area contributed by atoms with Crippen LogP contribution in [-0.4, -0.2) is 6.54 Å². The summed E-state index contributed by atoms with van der Waals surface area (Å²) in [4.78, 5) is 0. The largest absolute Gasteiger partial charge is 0.459 e. The van der Waals surface area contributed by atoms with Crippen molar-refractivity contribution in [3.63, 3.8) is 0 Å². The first-order valence-electron chi connectivity index (χ1n) is 6.55. The predicted octanol–water partition coefficient (Wildman–Crippen LogP) is 6.08. The number of benzene rings is 1. The molecule has 1 atom stereocenters. The molecule has 2 nitrogen and oxygen atoms in total. The van der Waals surface area contributed by atoms with E-state index >= 15 is 0 Å². The smallest absolute Gasteiger partial charge is 0.135 e. The molecule has 2 aromatic rings. The highest BCUT2D eigenvalue weighted by atomic mass is 79.9. The molecule has 108 valence electrons. The topological polar surface area (TPSA) is 25.2 Å². The maximum atomic E-state index is 6.28. The van der Waals surface area contributed by atoms with E-state index in [1.807, 2.05) is 24.3 Å². The third-order valence-corrected chi connectivity index (χ3v) is 4.90. The van der Waals surface area contributed by atoms with Gasteiger partial charge in [-0.1, -0.05) is 37.0 Å². The van der Waals surface area contributed by atoms with Crippen molar-refractivity contribution in [1.29, 1.82) is 0 Å². The lowest BCUT2D eigenvalue weighted by molar-refractivity contribution is 0.417. The van der Waals surface area contributed by atoms with Crippen LogP contribution in [0.2, 0.25) is 10.0 Å². The van der Waals surface area contributed by atoms with Gasteiger partial charge in [0.05, 0.1) is 16.1 Å². The van der Waals surface area contributed by atoms with Crippen LogP contribution in [-0.2, 0) is 0 Å². The molecule has 0 bridgehead atoms. The molecule has 5 heteroatoms. The van der Waals surface area contributed by atoms with E-state index in [2.05, 4.69) is 35.1 Å². The van der Waals surface area contributed by atoms with E-state index in [1.165, 1.54) is 0 Å². The highest BCUT2D eigenvalue weighted by Crippen LogP contribution is 2.39. The lowest BCUT2D eigenvalue weighted by atomic mass is 10.1. The summed E-state index contributed by atoms with van der Waals surface area (Å²) < 4.78 is 6.71. The highest BCUT2D eigenvalue weighted by Gasteiger charge is 2.16. The summed E-state index contributed by atoms with van der Waals surface area (Å²) in [6.07, 6.45) is 0.968. The lowest BCUT2D eigenvalue weighted by Gasteiger charge is -2.12. The fraction of sp³-hybridized carbons (Fsp3) is 0.333. The monoisotopic (exact) mass is 375 g/mol. The molecule has 0 saturated carbocycles. The van der Waals surface area contributed by atoms with Crippen LogP contribution in [0, 0.1) is 0 Å². The minimum Gasteiger partial charge on any atom is -0.459 e. The average molecular weight is 377 g/mol. The molecular formula is C15H16BrCl2NO. The van der Waals surface area contributed by atoms with E-state index in [0.717, 1.165) is 34.5 Å². The van der Waals surface area contributed by atoms with Gasteiger partial charge >= 0.3 is 0 Å². The van der Waals surface area contributed by atoms with Crippen LogP contribution >= 0.6 is 39.1 Å². The second-order valence-corrected chi connectivity index (χ2v) is 6.05. The summed E-state index contributed by atoms with van der Waals surface area (Å²) in [5.74, 6) is 1.65. The van der Waals surface area contributed by atoms with Gasteiger partial charge in [-0.05, 0) is 53.2 Å². The van der Waals surface area contributed by atoms with Crippen molar-refractivity contribution in [3.05, 3.63) is 44.5 Å². The minimum atomic E-state index is 0.221. The molecule has 0 spiro atoms. The van der Waals surface area contributed by atoms with Gasteiger partial charge in [-0.2, -0.15) is 0 Å². The van der Waals surface area contributed by atoms with Crippen molar-refractivity contribution < 1.29 is 4.42 Å².